The molecule has 0 saturated carbocycles. The van der Waals surface area contributed by atoms with Crippen molar-refractivity contribution in [3.63, 3.8) is 0 Å². The lowest BCUT2D eigenvalue weighted by Crippen LogP contribution is -2.41. The van der Waals surface area contributed by atoms with Gasteiger partial charge in [0.25, 0.3) is 5.91 Å². The lowest BCUT2D eigenvalue weighted by atomic mass is 10.0. The first-order chi connectivity index (χ1) is 12.2. The van der Waals surface area contributed by atoms with Gasteiger partial charge < -0.3 is 15.4 Å². The summed E-state index contributed by atoms with van der Waals surface area (Å²) in [5, 5.41) is 11.9. The average molecular weight is 343 g/mol. The van der Waals surface area contributed by atoms with Gasteiger partial charge in [-0.2, -0.15) is 0 Å². The van der Waals surface area contributed by atoms with E-state index in [2.05, 4.69) is 25.2 Å². The molecule has 1 aliphatic heterocycles. The van der Waals surface area contributed by atoms with Crippen LogP contribution in [0.25, 0.3) is 0 Å². The van der Waals surface area contributed by atoms with Gasteiger partial charge in [0.2, 0.25) is 0 Å². The van der Waals surface area contributed by atoms with Crippen molar-refractivity contribution < 1.29 is 14.7 Å². The summed E-state index contributed by atoms with van der Waals surface area (Å²) >= 11 is 0. The van der Waals surface area contributed by atoms with Crippen LogP contribution in [-0.2, 0) is 0 Å². The van der Waals surface area contributed by atoms with Crippen molar-refractivity contribution in [2.45, 2.75) is 25.3 Å². The van der Waals surface area contributed by atoms with Crippen molar-refractivity contribution in [3.05, 3.63) is 47.8 Å². The third-order valence-electron chi connectivity index (χ3n) is 4.42. The number of aromatic carboxylic acids is 1. The molecule has 1 atom stereocenters. The van der Waals surface area contributed by atoms with Gasteiger partial charge in [0.15, 0.2) is 11.4 Å². The van der Waals surface area contributed by atoms with Crippen molar-refractivity contribution in [3.8, 4) is 0 Å². The average Bonchev–Trinajstić information content (AvgIpc) is 3.14. The summed E-state index contributed by atoms with van der Waals surface area (Å²) in [5.74, 6) is -1.70. The van der Waals surface area contributed by atoms with E-state index in [0.717, 1.165) is 31.5 Å². The number of hydrogen-bond donors (Lipinski definition) is 3. The van der Waals surface area contributed by atoms with Gasteiger partial charge in [-0.15, -0.1) is 0 Å². The molecule has 8 nitrogen and oxygen atoms in total. The highest BCUT2D eigenvalue weighted by Crippen LogP contribution is 2.23. The standard InChI is InChI=1S/C17H21N5O3/c23-16(14-15(17(24)25)21-11-20-14)19-10-13(12-5-4-6-18-9-12)22-7-2-1-3-8-22/h4-6,9,11,13H,1-3,7-8,10H2,(H,19,23)(H,20,21)(H,24,25)/t13-/m1/s1. The van der Waals surface area contributed by atoms with Crippen LogP contribution in [0.4, 0.5) is 0 Å². The van der Waals surface area contributed by atoms with Crippen LogP contribution in [0.5, 0.6) is 0 Å². The molecule has 132 valence electrons. The molecule has 1 amide bonds. The quantitative estimate of drug-likeness (QED) is 0.732. The van der Waals surface area contributed by atoms with Crippen LogP contribution in [0, 0.1) is 0 Å². The van der Waals surface area contributed by atoms with E-state index in [-0.39, 0.29) is 17.4 Å². The molecule has 2 aromatic rings. The van der Waals surface area contributed by atoms with Gasteiger partial charge in [-0.1, -0.05) is 12.5 Å². The Bertz CT molecular complexity index is 725. The van der Waals surface area contributed by atoms with Crippen molar-refractivity contribution in [1.82, 2.24) is 25.2 Å². The topological polar surface area (TPSA) is 111 Å². The molecule has 8 heteroatoms. The number of carbonyl (C=O) groups is 2. The van der Waals surface area contributed by atoms with E-state index >= 15 is 0 Å². The summed E-state index contributed by atoms with van der Waals surface area (Å²) in [4.78, 5) is 36.3. The number of aromatic nitrogens is 3. The van der Waals surface area contributed by atoms with Gasteiger partial charge in [0.1, 0.15) is 0 Å². The molecule has 0 spiro atoms. The van der Waals surface area contributed by atoms with Crippen molar-refractivity contribution in [2.24, 2.45) is 0 Å². The maximum Gasteiger partial charge on any atom is 0.354 e. The van der Waals surface area contributed by atoms with Crippen molar-refractivity contribution in [2.75, 3.05) is 19.6 Å². The number of carboxylic acids is 1. The van der Waals surface area contributed by atoms with Gasteiger partial charge >= 0.3 is 5.97 Å². The summed E-state index contributed by atoms with van der Waals surface area (Å²) in [6.45, 7) is 2.31. The van der Waals surface area contributed by atoms with E-state index in [4.69, 9.17) is 5.11 Å². The maximum atomic E-state index is 12.4. The van der Waals surface area contributed by atoms with E-state index < -0.39 is 11.9 Å². The Morgan fingerprint density at radius 3 is 2.80 bits per heavy atom. The molecule has 1 fully saturated rings. The molecule has 1 saturated heterocycles. The molecule has 25 heavy (non-hydrogen) atoms. The van der Waals surface area contributed by atoms with E-state index in [1.807, 2.05) is 18.3 Å². The van der Waals surface area contributed by atoms with Gasteiger partial charge in [0.05, 0.1) is 12.4 Å². The van der Waals surface area contributed by atoms with Crippen LogP contribution in [0.15, 0.2) is 30.9 Å². The molecule has 1 aliphatic rings. The highest BCUT2D eigenvalue weighted by atomic mass is 16.4. The molecule has 3 N–H and O–H groups in total. The molecule has 0 unspecified atom stereocenters. The minimum absolute atomic E-state index is 0.00479. The first kappa shape index (κ1) is 17.1. The Balaban J connectivity index is 1.73. The summed E-state index contributed by atoms with van der Waals surface area (Å²) in [6.07, 6.45) is 8.22. The summed E-state index contributed by atoms with van der Waals surface area (Å²) in [6, 6.07) is 3.88. The Kier molecular flexibility index (Phi) is 5.39. The lowest BCUT2D eigenvalue weighted by molar-refractivity contribution is 0.0684. The number of nitrogens with zero attached hydrogens (tertiary/aromatic N) is 3. The highest BCUT2D eigenvalue weighted by molar-refractivity contribution is 6.02. The number of amides is 1. The number of nitrogens with one attached hydrogen (secondary N) is 2. The molecule has 2 aromatic heterocycles. The first-order valence-corrected chi connectivity index (χ1v) is 8.35. The van der Waals surface area contributed by atoms with Crippen molar-refractivity contribution >= 4 is 11.9 Å². The second-order valence-corrected chi connectivity index (χ2v) is 6.04. The number of rotatable bonds is 6. The summed E-state index contributed by atoms with van der Waals surface area (Å²) in [7, 11) is 0. The zero-order chi connectivity index (χ0) is 17.6. The number of aromatic amines is 1. The molecular formula is C17H21N5O3. The molecule has 0 aliphatic carbocycles. The number of hydrogen-bond acceptors (Lipinski definition) is 5. The van der Waals surface area contributed by atoms with Crippen LogP contribution in [-0.4, -0.2) is 56.5 Å². The van der Waals surface area contributed by atoms with Crippen LogP contribution >= 0.6 is 0 Å². The van der Waals surface area contributed by atoms with E-state index in [9.17, 15) is 9.59 Å². The largest absolute Gasteiger partial charge is 0.477 e. The zero-order valence-electron chi connectivity index (χ0n) is 13.8. The van der Waals surface area contributed by atoms with Crippen LogP contribution in [0.2, 0.25) is 0 Å². The van der Waals surface area contributed by atoms with E-state index in [0.29, 0.717) is 6.54 Å². The number of piperidine rings is 1. The van der Waals surface area contributed by atoms with Gasteiger partial charge in [-0.25, -0.2) is 9.78 Å². The third-order valence-corrected chi connectivity index (χ3v) is 4.42. The van der Waals surface area contributed by atoms with Crippen LogP contribution in [0.3, 0.4) is 0 Å². The minimum atomic E-state index is -1.21. The number of carbonyl (C=O) groups excluding carboxylic acids is 1. The number of carboxylic acid groups (broad SMARTS) is 1. The maximum absolute atomic E-state index is 12.4. The Morgan fingerprint density at radius 1 is 1.32 bits per heavy atom. The Labute approximate surface area is 145 Å². The number of pyridine rings is 1. The Morgan fingerprint density at radius 2 is 2.12 bits per heavy atom. The van der Waals surface area contributed by atoms with E-state index in [1.165, 1.54) is 12.7 Å². The highest BCUT2D eigenvalue weighted by Gasteiger charge is 2.25. The smallest absolute Gasteiger partial charge is 0.354 e. The summed E-state index contributed by atoms with van der Waals surface area (Å²) in [5.41, 5.74) is 0.731. The Hall–Kier alpha value is -2.74. The molecular weight excluding hydrogens is 322 g/mol. The van der Waals surface area contributed by atoms with Crippen LogP contribution < -0.4 is 5.32 Å². The predicted octanol–water partition coefficient (Wildman–Crippen LogP) is 1.46. The third kappa shape index (κ3) is 4.03. The van der Waals surface area contributed by atoms with Crippen LogP contribution in [0.1, 0.15) is 51.8 Å². The second-order valence-electron chi connectivity index (χ2n) is 6.04. The van der Waals surface area contributed by atoms with Gasteiger partial charge in [0, 0.05) is 18.9 Å². The van der Waals surface area contributed by atoms with Crippen molar-refractivity contribution in [1.29, 1.82) is 0 Å². The van der Waals surface area contributed by atoms with Gasteiger partial charge in [-0.05, 0) is 37.6 Å². The monoisotopic (exact) mass is 343 g/mol. The molecule has 3 heterocycles. The van der Waals surface area contributed by atoms with Gasteiger partial charge in [-0.3, -0.25) is 14.7 Å². The zero-order valence-corrected chi connectivity index (χ0v) is 13.8. The fraction of sp³-hybridized carbons (Fsp3) is 0.412. The van der Waals surface area contributed by atoms with E-state index in [1.54, 1.807) is 6.20 Å². The second kappa shape index (κ2) is 7.89. The fourth-order valence-electron chi connectivity index (χ4n) is 3.16. The normalized spacial score (nSPS) is 16.3. The minimum Gasteiger partial charge on any atom is -0.477 e. The number of imidazole rings is 1. The molecule has 3 rings (SSSR count). The molecule has 0 bridgehead atoms. The SMILES string of the molecule is O=C(NC[C@H](c1cccnc1)N1CCCCC1)c1nc[nH]c1C(=O)O. The number of H-pyrrole nitrogens is 1. The first-order valence-electron chi connectivity index (χ1n) is 8.35. The fourth-order valence-corrected chi connectivity index (χ4v) is 3.16. The molecule has 0 aromatic carbocycles. The lowest BCUT2D eigenvalue weighted by Gasteiger charge is -2.34. The summed E-state index contributed by atoms with van der Waals surface area (Å²) < 4.78 is 0. The molecule has 0 radical (unpaired) electrons. The predicted molar refractivity (Wildman–Crippen MR) is 90.3 cm³/mol. The number of likely N-dealkylation sites (tertiary alicyclic amines) is 1.